The van der Waals surface area contributed by atoms with E-state index in [1.165, 1.54) is 4.90 Å². The van der Waals surface area contributed by atoms with Gasteiger partial charge < -0.3 is 5.32 Å². The van der Waals surface area contributed by atoms with Crippen LogP contribution in [0.25, 0.3) is 0 Å². The molecular formula is C21H21ClN2O3. The predicted octanol–water partition coefficient (Wildman–Crippen LogP) is 3.03. The van der Waals surface area contributed by atoms with E-state index in [9.17, 15) is 14.4 Å². The van der Waals surface area contributed by atoms with Crippen LogP contribution in [-0.2, 0) is 14.4 Å². The van der Waals surface area contributed by atoms with Gasteiger partial charge in [-0.2, -0.15) is 0 Å². The van der Waals surface area contributed by atoms with E-state index in [4.69, 9.17) is 11.6 Å². The van der Waals surface area contributed by atoms with E-state index in [-0.39, 0.29) is 54.4 Å². The lowest BCUT2D eigenvalue weighted by Gasteiger charge is -2.37. The van der Waals surface area contributed by atoms with Crippen LogP contribution in [0, 0.1) is 42.4 Å². The molecule has 0 radical (unpaired) electrons. The summed E-state index contributed by atoms with van der Waals surface area (Å²) in [6.45, 7) is 2.03. The van der Waals surface area contributed by atoms with Gasteiger partial charge in [-0.1, -0.05) is 29.8 Å². The molecule has 6 rings (SSSR count). The molecule has 1 N–H and O–H groups in total. The molecule has 140 valence electrons. The summed E-state index contributed by atoms with van der Waals surface area (Å²) in [4.78, 5) is 39.5. The Hall–Kier alpha value is -2.14. The van der Waals surface area contributed by atoms with Crippen molar-refractivity contribution in [1.82, 2.24) is 4.90 Å². The second-order valence-electron chi connectivity index (χ2n) is 8.24. The number of halogens is 1. The Morgan fingerprint density at radius 1 is 1.15 bits per heavy atom. The average molecular weight is 385 g/mol. The van der Waals surface area contributed by atoms with Crippen LogP contribution in [0.3, 0.4) is 0 Å². The Balaban J connectivity index is 1.26. The number of carbonyl (C=O) groups excluding carboxylic acids is 3. The fourth-order valence-corrected chi connectivity index (χ4v) is 5.57. The van der Waals surface area contributed by atoms with E-state index in [1.54, 1.807) is 12.1 Å². The summed E-state index contributed by atoms with van der Waals surface area (Å²) in [5.41, 5.74) is 1.57. The first kappa shape index (κ1) is 17.0. The van der Waals surface area contributed by atoms with Gasteiger partial charge >= 0.3 is 0 Å². The quantitative estimate of drug-likeness (QED) is 0.641. The van der Waals surface area contributed by atoms with Crippen molar-refractivity contribution in [2.45, 2.75) is 19.8 Å². The molecule has 1 aromatic rings. The van der Waals surface area contributed by atoms with E-state index in [1.807, 2.05) is 13.0 Å². The number of benzene rings is 1. The van der Waals surface area contributed by atoms with Crippen molar-refractivity contribution in [3.63, 3.8) is 0 Å². The second-order valence-corrected chi connectivity index (χ2v) is 8.68. The van der Waals surface area contributed by atoms with E-state index in [0.717, 1.165) is 12.0 Å². The van der Waals surface area contributed by atoms with Crippen LogP contribution in [0.4, 0.5) is 5.69 Å². The molecule has 3 fully saturated rings. The zero-order valence-electron chi connectivity index (χ0n) is 15.0. The lowest BCUT2D eigenvalue weighted by Crippen LogP contribution is -2.40. The summed E-state index contributed by atoms with van der Waals surface area (Å²) in [6, 6.07) is 5.30. The Bertz CT molecular complexity index is 859. The van der Waals surface area contributed by atoms with Crippen molar-refractivity contribution < 1.29 is 14.4 Å². The summed E-state index contributed by atoms with van der Waals surface area (Å²) >= 11 is 5.98. The number of nitrogens with zero attached hydrogens (tertiary/aromatic N) is 1. The molecule has 27 heavy (non-hydrogen) atoms. The van der Waals surface area contributed by atoms with Crippen molar-refractivity contribution in [3.05, 3.63) is 40.9 Å². The Labute approximate surface area is 162 Å². The van der Waals surface area contributed by atoms with Gasteiger partial charge in [-0.05, 0) is 54.7 Å². The van der Waals surface area contributed by atoms with Gasteiger partial charge in [-0.15, -0.1) is 0 Å². The van der Waals surface area contributed by atoms with Crippen molar-refractivity contribution in [3.8, 4) is 0 Å². The third-order valence-corrected chi connectivity index (χ3v) is 7.03. The van der Waals surface area contributed by atoms with Gasteiger partial charge in [-0.25, -0.2) is 0 Å². The summed E-state index contributed by atoms with van der Waals surface area (Å²) in [7, 11) is 0. The molecule has 1 aromatic carbocycles. The number of hydrogen-bond acceptors (Lipinski definition) is 3. The number of allylic oxidation sites excluding steroid dienone is 2. The highest BCUT2D eigenvalue weighted by Gasteiger charge is 2.66. The number of imide groups is 1. The Kier molecular flexibility index (Phi) is 3.73. The number of nitrogens with one attached hydrogen (secondary N) is 1. The smallest absolute Gasteiger partial charge is 0.233 e. The van der Waals surface area contributed by atoms with Gasteiger partial charge in [0.25, 0.3) is 0 Å². The van der Waals surface area contributed by atoms with Crippen molar-refractivity contribution in [2.24, 2.45) is 35.5 Å². The van der Waals surface area contributed by atoms with Gasteiger partial charge in [0.15, 0.2) is 0 Å². The molecule has 1 aliphatic heterocycles. The fourth-order valence-electron chi connectivity index (χ4n) is 5.39. The van der Waals surface area contributed by atoms with Gasteiger partial charge in [0.2, 0.25) is 17.7 Å². The second kappa shape index (κ2) is 5.93. The highest BCUT2D eigenvalue weighted by Crippen LogP contribution is 2.65. The monoisotopic (exact) mass is 384 g/mol. The molecule has 0 unspecified atom stereocenters. The average Bonchev–Trinajstić information content (AvgIpc) is 3.42. The minimum atomic E-state index is -0.222. The molecule has 2 bridgehead atoms. The standard InChI is InChI=1S/C21H21ClN2O3/c1-10-2-3-11(22)8-16(10)23-17(25)6-7-24-20(26)18-12-4-5-13(15-9-14(12)15)19(18)21(24)27/h2-5,8,12-15,18-19H,6-7,9H2,1H3,(H,23,25)/t12-,13-,14-,15+,18+,19+/m0/s1. The first-order valence-corrected chi connectivity index (χ1v) is 9.93. The van der Waals surface area contributed by atoms with Crippen LogP contribution < -0.4 is 5.32 Å². The molecule has 3 amide bonds. The highest BCUT2D eigenvalue weighted by molar-refractivity contribution is 6.31. The topological polar surface area (TPSA) is 66.5 Å². The number of anilines is 1. The number of amides is 3. The molecule has 0 spiro atoms. The van der Waals surface area contributed by atoms with E-state index < -0.39 is 0 Å². The molecule has 5 nitrogen and oxygen atoms in total. The molecule has 1 saturated heterocycles. The van der Waals surface area contributed by atoms with E-state index in [0.29, 0.717) is 22.5 Å². The molecular weight excluding hydrogens is 364 g/mol. The minimum absolute atomic E-state index is 0.0820. The predicted molar refractivity (Wildman–Crippen MR) is 101 cm³/mol. The van der Waals surface area contributed by atoms with E-state index in [2.05, 4.69) is 17.5 Å². The van der Waals surface area contributed by atoms with Crippen molar-refractivity contribution in [1.29, 1.82) is 0 Å². The molecule has 0 aromatic heterocycles. The maximum absolute atomic E-state index is 12.9. The van der Waals surface area contributed by atoms with Gasteiger partial charge in [0.05, 0.1) is 11.8 Å². The van der Waals surface area contributed by atoms with Crippen molar-refractivity contribution >= 4 is 35.0 Å². The largest absolute Gasteiger partial charge is 0.326 e. The lowest BCUT2D eigenvalue weighted by atomic mass is 9.63. The summed E-state index contributed by atoms with van der Waals surface area (Å²) in [6.07, 6.45) is 5.56. The maximum Gasteiger partial charge on any atom is 0.233 e. The SMILES string of the molecule is Cc1ccc(Cl)cc1NC(=O)CCN1C(=O)[C@@H]2[C@H]3C=C[C@@H]([C@@H]4C[C@H]34)[C@H]2C1=O. The number of carbonyl (C=O) groups is 3. The third kappa shape index (κ3) is 2.55. The van der Waals surface area contributed by atoms with Crippen LogP contribution in [-0.4, -0.2) is 29.2 Å². The van der Waals surface area contributed by atoms with Crippen molar-refractivity contribution in [2.75, 3.05) is 11.9 Å². The van der Waals surface area contributed by atoms with Gasteiger partial charge in [0, 0.05) is 23.7 Å². The van der Waals surface area contributed by atoms with Crippen LogP contribution in [0.5, 0.6) is 0 Å². The van der Waals surface area contributed by atoms with E-state index >= 15 is 0 Å². The highest BCUT2D eigenvalue weighted by atomic mass is 35.5. The molecule has 2 saturated carbocycles. The zero-order chi connectivity index (χ0) is 18.9. The number of aryl methyl sites for hydroxylation is 1. The molecule has 4 aliphatic carbocycles. The number of rotatable bonds is 4. The van der Waals surface area contributed by atoms with Gasteiger partial charge in [0.1, 0.15) is 0 Å². The maximum atomic E-state index is 12.9. The van der Waals surface area contributed by atoms with Crippen LogP contribution in [0.15, 0.2) is 30.4 Å². The summed E-state index contributed by atoms with van der Waals surface area (Å²) < 4.78 is 0. The Morgan fingerprint density at radius 3 is 2.41 bits per heavy atom. The Morgan fingerprint density at radius 2 is 1.78 bits per heavy atom. The molecule has 6 heteroatoms. The number of likely N-dealkylation sites (tertiary alicyclic amines) is 1. The third-order valence-electron chi connectivity index (χ3n) is 6.79. The number of hydrogen-bond donors (Lipinski definition) is 1. The molecule has 6 atom stereocenters. The summed E-state index contributed by atoms with van der Waals surface area (Å²) in [5, 5.41) is 3.37. The fraction of sp³-hybridized carbons (Fsp3) is 0.476. The first-order chi connectivity index (χ1) is 13.0. The van der Waals surface area contributed by atoms with Crippen LogP contribution in [0.2, 0.25) is 5.02 Å². The molecule has 1 heterocycles. The molecule has 5 aliphatic rings. The lowest BCUT2D eigenvalue weighted by molar-refractivity contribution is -0.140. The summed E-state index contributed by atoms with van der Waals surface area (Å²) in [5.74, 6) is 0.828. The zero-order valence-corrected chi connectivity index (χ0v) is 15.8. The normalized spacial score (nSPS) is 35.3. The van der Waals surface area contributed by atoms with Gasteiger partial charge in [-0.3, -0.25) is 19.3 Å². The first-order valence-electron chi connectivity index (χ1n) is 9.55. The van der Waals surface area contributed by atoms with Crippen LogP contribution >= 0.6 is 11.6 Å². The minimum Gasteiger partial charge on any atom is -0.326 e. The van der Waals surface area contributed by atoms with Crippen LogP contribution in [0.1, 0.15) is 18.4 Å².